The summed E-state index contributed by atoms with van der Waals surface area (Å²) in [6.45, 7) is 4.72. The van der Waals surface area contributed by atoms with Crippen LogP contribution in [-0.2, 0) is 11.8 Å². The number of hydrogen-bond donors (Lipinski definition) is 1. The van der Waals surface area contributed by atoms with Crippen LogP contribution in [0, 0.1) is 11.6 Å². The summed E-state index contributed by atoms with van der Waals surface area (Å²) in [6.07, 6.45) is 2.38. The highest BCUT2D eigenvalue weighted by Crippen LogP contribution is 2.38. The molecule has 1 amide bonds. The molecule has 0 spiro atoms. The van der Waals surface area contributed by atoms with E-state index < -0.39 is 23.2 Å². The maximum atomic E-state index is 15.3. The Labute approximate surface area is 268 Å². The van der Waals surface area contributed by atoms with Crippen molar-refractivity contribution in [3.8, 4) is 28.7 Å². The molecule has 47 heavy (non-hydrogen) atoms. The zero-order valence-corrected chi connectivity index (χ0v) is 25.7. The summed E-state index contributed by atoms with van der Waals surface area (Å²) >= 11 is 0. The van der Waals surface area contributed by atoms with Crippen LogP contribution >= 0.6 is 0 Å². The van der Waals surface area contributed by atoms with E-state index in [0.29, 0.717) is 34.8 Å². The lowest BCUT2D eigenvalue weighted by molar-refractivity contribution is 0.0357. The van der Waals surface area contributed by atoms with Crippen LogP contribution in [0.25, 0.3) is 16.6 Å². The second-order valence-corrected chi connectivity index (χ2v) is 10.7. The van der Waals surface area contributed by atoms with E-state index in [2.05, 4.69) is 20.3 Å². The quantitative estimate of drug-likeness (QED) is 0.206. The van der Waals surface area contributed by atoms with E-state index in [1.165, 1.54) is 44.5 Å². The summed E-state index contributed by atoms with van der Waals surface area (Å²) in [4.78, 5) is 32.4. The summed E-state index contributed by atoms with van der Waals surface area (Å²) in [6, 6.07) is 14.5. The van der Waals surface area contributed by atoms with Gasteiger partial charge in [0.05, 0.1) is 32.4 Å². The molecule has 244 valence electrons. The van der Waals surface area contributed by atoms with E-state index in [9.17, 15) is 14.0 Å². The van der Waals surface area contributed by atoms with Crippen molar-refractivity contribution in [2.45, 2.75) is 6.42 Å². The van der Waals surface area contributed by atoms with Crippen molar-refractivity contribution in [3.63, 3.8) is 0 Å². The molecule has 3 aromatic carbocycles. The first kappa shape index (κ1) is 31.6. The van der Waals surface area contributed by atoms with Crippen LogP contribution in [-0.4, -0.2) is 76.7 Å². The number of fused-ring (bicyclic) bond motifs is 1. The van der Waals surface area contributed by atoms with Gasteiger partial charge in [-0.3, -0.25) is 19.2 Å². The minimum absolute atomic E-state index is 0.0874. The van der Waals surface area contributed by atoms with Crippen LogP contribution in [0.1, 0.15) is 17.0 Å². The fourth-order valence-electron chi connectivity index (χ4n) is 5.17. The molecular formula is C33H32F2N6O6. The average Bonchev–Trinajstić information content (AvgIpc) is 3.38. The molecule has 0 aliphatic carbocycles. The Balaban J connectivity index is 1.15. The van der Waals surface area contributed by atoms with Crippen LogP contribution in [0.2, 0.25) is 0 Å². The van der Waals surface area contributed by atoms with Crippen molar-refractivity contribution in [2.75, 3.05) is 51.9 Å². The van der Waals surface area contributed by atoms with Crippen molar-refractivity contribution in [1.29, 1.82) is 0 Å². The summed E-state index contributed by atoms with van der Waals surface area (Å²) in [5.41, 5.74) is -0.177. The normalized spacial score (nSPS) is 13.4. The Morgan fingerprint density at radius 2 is 1.79 bits per heavy atom. The van der Waals surface area contributed by atoms with Gasteiger partial charge in [-0.25, -0.2) is 13.6 Å². The highest BCUT2D eigenvalue weighted by molar-refractivity contribution is 6.01. The molecule has 1 N–H and O–H groups in total. The highest BCUT2D eigenvalue weighted by Gasteiger charge is 2.21. The van der Waals surface area contributed by atoms with Crippen LogP contribution in [0.3, 0.4) is 0 Å². The SMILES string of the molecule is COc1cc2c(Oc3ccc(NC(=O)c4nn(-c5ccccc5F)c(=O)n4C)cc3F)ccnc2cc1OCCCN1CCOCC1. The van der Waals surface area contributed by atoms with E-state index in [1.54, 1.807) is 30.5 Å². The summed E-state index contributed by atoms with van der Waals surface area (Å²) in [5, 5.41) is 7.08. The highest BCUT2D eigenvalue weighted by atomic mass is 19.1. The van der Waals surface area contributed by atoms with Crippen molar-refractivity contribution in [3.05, 3.63) is 94.8 Å². The van der Waals surface area contributed by atoms with Gasteiger partial charge in [-0.2, -0.15) is 4.68 Å². The lowest BCUT2D eigenvalue weighted by Gasteiger charge is -2.26. The Bertz CT molecular complexity index is 1970. The number of rotatable bonds is 11. The van der Waals surface area contributed by atoms with Gasteiger partial charge in [0.25, 0.3) is 5.91 Å². The van der Waals surface area contributed by atoms with E-state index in [0.717, 1.165) is 54.6 Å². The van der Waals surface area contributed by atoms with Gasteiger partial charge in [0, 0.05) is 56.1 Å². The number of amides is 1. The lowest BCUT2D eigenvalue weighted by atomic mass is 10.1. The zero-order chi connectivity index (χ0) is 32.9. The van der Waals surface area contributed by atoms with Crippen molar-refractivity contribution >= 4 is 22.5 Å². The number of nitrogens with one attached hydrogen (secondary N) is 1. The number of pyridine rings is 1. The Morgan fingerprint density at radius 3 is 2.55 bits per heavy atom. The number of para-hydroxylation sites is 1. The van der Waals surface area contributed by atoms with Crippen molar-refractivity contribution in [2.24, 2.45) is 7.05 Å². The Kier molecular flexibility index (Phi) is 9.40. The van der Waals surface area contributed by atoms with Gasteiger partial charge >= 0.3 is 5.69 Å². The van der Waals surface area contributed by atoms with Gasteiger partial charge in [0.15, 0.2) is 23.1 Å². The average molecular weight is 647 g/mol. The monoisotopic (exact) mass is 646 g/mol. The minimum atomic E-state index is -0.793. The van der Waals surface area contributed by atoms with Crippen LogP contribution in [0.4, 0.5) is 14.5 Å². The molecule has 0 radical (unpaired) electrons. The van der Waals surface area contributed by atoms with Gasteiger partial charge in [-0.15, -0.1) is 5.10 Å². The first-order chi connectivity index (χ1) is 22.8. The first-order valence-corrected chi connectivity index (χ1v) is 14.9. The molecule has 0 bridgehead atoms. The number of aromatic nitrogens is 4. The zero-order valence-electron chi connectivity index (χ0n) is 25.7. The molecule has 6 rings (SSSR count). The standard InChI is InChI=1S/C33H32F2N6O6/c1-39-31(38-41(33(39)43)26-7-4-3-6-23(26)34)32(42)37-21-8-9-28(24(35)18-21)47-27-10-11-36-25-20-30(29(44-2)19-22(25)27)46-15-5-12-40-13-16-45-17-14-40/h3-4,6-11,18-20H,5,12-17H2,1-2H3,(H,37,42). The fourth-order valence-corrected chi connectivity index (χ4v) is 5.17. The third kappa shape index (κ3) is 6.93. The lowest BCUT2D eigenvalue weighted by Crippen LogP contribution is -2.37. The fraction of sp³-hybridized carbons (Fsp3) is 0.273. The molecule has 14 heteroatoms. The van der Waals surface area contributed by atoms with E-state index >= 15 is 4.39 Å². The Hall–Kier alpha value is -5.34. The predicted molar refractivity (Wildman–Crippen MR) is 169 cm³/mol. The summed E-state index contributed by atoms with van der Waals surface area (Å²) < 4.78 is 54.2. The second kappa shape index (κ2) is 14.0. The number of benzene rings is 3. The molecule has 12 nitrogen and oxygen atoms in total. The maximum absolute atomic E-state index is 15.3. The predicted octanol–water partition coefficient (Wildman–Crippen LogP) is 4.55. The number of carbonyl (C=O) groups is 1. The molecule has 0 unspecified atom stereocenters. The third-order valence-electron chi connectivity index (χ3n) is 7.64. The molecule has 1 fully saturated rings. The maximum Gasteiger partial charge on any atom is 0.350 e. The molecule has 0 atom stereocenters. The van der Waals surface area contributed by atoms with Gasteiger partial charge < -0.3 is 24.3 Å². The van der Waals surface area contributed by atoms with Gasteiger partial charge in [-0.1, -0.05) is 12.1 Å². The number of nitrogens with zero attached hydrogens (tertiary/aromatic N) is 5. The molecule has 1 aliphatic heterocycles. The van der Waals surface area contributed by atoms with Crippen molar-refractivity contribution < 1.29 is 32.5 Å². The molecular weight excluding hydrogens is 614 g/mol. The van der Waals surface area contributed by atoms with E-state index in [4.69, 9.17) is 18.9 Å². The van der Waals surface area contributed by atoms with E-state index in [-0.39, 0.29) is 22.9 Å². The largest absolute Gasteiger partial charge is 0.493 e. The Morgan fingerprint density at radius 1 is 0.979 bits per heavy atom. The molecule has 3 heterocycles. The molecule has 1 saturated heterocycles. The van der Waals surface area contributed by atoms with Gasteiger partial charge in [0.2, 0.25) is 5.82 Å². The second-order valence-electron chi connectivity index (χ2n) is 10.7. The van der Waals surface area contributed by atoms with Crippen LogP contribution in [0.5, 0.6) is 23.0 Å². The third-order valence-corrected chi connectivity index (χ3v) is 7.64. The molecule has 2 aromatic heterocycles. The number of hydrogen-bond acceptors (Lipinski definition) is 9. The first-order valence-electron chi connectivity index (χ1n) is 14.9. The summed E-state index contributed by atoms with van der Waals surface area (Å²) in [7, 11) is 2.86. The number of carbonyl (C=O) groups excluding carboxylic acids is 1. The number of morpholine rings is 1. The smallest absolute Gasteiger partial charge is 0.350 e. The number of ether oxygens (including phenoxy) is 4. The van der Waals surface area contributed by atoms with Gasteiger partial charge in [-0.05, 0) is 42.8 Å². The number of anilines is 1. The van der Waals surface area contributed by atoms with Gasteiger partial charge in [0.1, 0.15) is 17.3 Å². The van der Waals surface area contributed by atoms with Crippen LogP contribution in [0.15, 0.2) is 71.7 Å². The number of halogens is 2. The molecule has 0 saturated carbocycles. The number of methoxy groups -OCH3 is 1. The van der Waals surface area contributed by atoms with Crippen molar-refractivity contribution in [1.82, 2.24) is 24.2 Å². The topological polar surface area (TPSA) is 122 Å². The summed E-state index contributed by atoms with van der Waals surface area (Å²) in [5.74, 6) is -1.28. The van der Waals surface area contributed by atoms with E-state index in [1.807, 2.05) is 0 Å². The molecule has 5 aromatic rings. The van der Waals surface area contributed by atoms with Crippen LogP contribution < -0.4 is 25.2 Å². The minimum Gasteiger partial charge on any atom is -0.493 e. The molecule has 1 aliphatic rings.